The predicted octanol–water partition coefficient (Wildman–Crippen LogP) is 26.1. The highest BCUT2D eigenvalue weighted by molar-refractivity contribution is 7.59. The number of unbranched alkanes of at least 4 members (excludes halogenated alkanes) is 7. The van der Waals surface area contributed by atoms with Crippen LogP contribution in [0.1, 0.15) is 417 Å². The number of hydrogen-bond donors (Lipinski definition) is 3. The molecule has 0 radical (unpaired) electrons. The van der Waals surface area contributed by atoms with Crippen molar-refractivity contribution in [3.8, 4) is 0 Å². The average molecular weight is 1350 g/mol. The first-order chi connectivity index (χ1) is 44.4. The van der Waals surface area contributed by atoms with Gasteiger partial charge in [-0.15, -0.1) is 0 Å². The van der Waals surface area contributed by atoms with Crippen molar-refractivity contribution >= 4 is 46.5 Å². The van der Waals surface area contributed by atoms with E-state index < -0.39 is 0 Å². The van der Waals surface area contributed by atoms with Crippen molar-refractivity contribution in [2.45, 2.75) is 423 Å². The summed E-state index contributed by atoms with van der Waals surface area (Å²) in [5.74, 6) is 14.6. The van der Waals surface area contributed by atoms with E-state index in [0.29, 0.717) is 12.5 Å². The molecule has 13 aliphatic carbocycles. The van der Waals surface area contributed by atoms with Crippen LogP contribution in [0.4, 0.5) is 0 Å². The SMILES string of the molecule is C1CCC(CCC2CC2)CC1.C=O.C=O.CC(C)CCCC1CC1.CCC1CC1.CCC1CC1.CCC1CC1.CCC1CC1.CCC1CC1.CCC1CC1.CCC1CC1.CCCCC(=O)NC1CC1.CCCCCCNCC1CC1.CCCCCCNCC1CC1.S.S. The molecule has 0 aromatic heterocycles. The molecule has 558 valence electrons. The van der Waals surface area contributed by atoms with Crippen molar-refractivity contribution in [3.63, 3.8) is 0 Å². The Hall–Kier alpha value is -0.570. The molecule has 3 N–H and O–H groups in total. The van der Waals surface area contributed by atoms with Gasteiger partial charge in [0.05, 0.1) is 0 Å². The molecule has 0 heterocycles. The number of carbonyl (C=O) groups is 3. The van der Waals surface area contributed by atoms with Crippen LogP contribution in [0, 0.1) is 76.9 Å². The molecule has 0 saturated heterocycles. The van der Waals surface area contributed by atoms with Gasteiger partial charge in [-0.1, -0.05) is 353 Å². The van der Waals surface area contributed by atoms with Crippen LogP contribution in [0.25, 0.3) is 0 Å². The Kier molecular flexibility index (Phi) is 72.6. The first kappa shape index (κ1) is 96.6. The van der Waals surface area contributed by atoms with Crippen molar-refractivity contribution in [2.24, 2.45) is 76.9 Å². The van der Waals surface area contributed by atoms with Crippen LogP contribution >= 0.6 is 27.0 Å². The first-order valence-electron chi connectivity index (χ1n) is 41.7. The van der Waals surface area contributed by atoms with Gasteiger partial charge in [-0.2, -0.15) is 27.0 Å². The summed E-state index contributed by atoms with van der Waals surface area (Å²) in [5.41, 5.74) is 0. The summed E-state index contributed by atoms with van der Waals surface area (Å²) in [4.78, 5) is 26.9. The lowest BCUT2D eigenvalue weighted by Gasteiger charge is -2.20. The Morgan fingerprint density at radius 1 is 0.323 bits per heavy atom. The average Bonchev–Trinajstić information content (AvgIpc) is 4.47. The molecular formula is C85H173N3O3S2. The zero-order chi connectivity index (χ0) is 67.4. The lowest BCUT2D eigenvalue weighted by Crippen LogP contribution is -2.24. The van der Waals surface area contributed by atoms with Gasteiger partial charge in [-0.25, -0.2) is 0 Å². The van der Waals surface area contributed by atoms with Gasteiger partial charge >= 0.3 is 0 Å². The third-order valence-electron chi connectivity index (χ3n) is 20.8. The maximum atomic E-state index is 10.9. The summed E-state index contributed by atoms with van der Waals surface area (Å²) < 4.78 is 0. The zero-order valence-corrected chi connectivity index (χ0v) is 67.3. The fourth-order valence-electron chi connectivity index (χ4n) is 10.7. The van der Waals surface area contributed by atoms with E-state index in [0.717, 1.165) is 89.8 Å². The van der Waals surface area contributed by atoms with Crippen molar-refractivity contribution in [2.75, 3.05) is 26.2 Å². The van der Waals surface area contributed by atoms with Gasteiger partial charge in [0, 0.05) is 12.5 Å². The Labute approximate surface area is 599 Å². The number of nitrogens with one attached hydrogen (secondary N) is 3. The summed E-state index contributed by atoms with van der Waals surface area (Å²) in [6.45, 7) is 36.1. The fraction of sp³-hybridized carbons (Fsp3) is 0.965. The summed E-state index contributed by atoms with van der Waals surface area (Å²) in [5, 5.41) is 9.96. The van der Waals surface area contributed by atoms with Crippen LogP contribution in [0.5, 0.6) is 0 Å². The standard InChI is InChI=1S/C11H20.2C10H21N.C9H18.C8H15NO.7C5H10.2CH2O.2H2S/c1-2-4-10(5-3-1)6-7-11-8-9-11;2*1-2-3-4-5-8-11-9-10-6-7-10;1-8(2)4-3-5-9-6-7-9;1-2-3-4-8(10)9-7-5-6-7;7*1-2-5-3-4-5;2*1-2;;/h10-11H,1-9H2;2*10-11H,2-9H2,1H3;8-9H,3-7H2,1-2H3;7H,2-6H2,1H3,(H,9,10);7*5H,2-4H2,1H3;2*1H2;2*1H2. The van der Waals surface area contributed by atoms with Gasteiger partial charge in [0.25, 0.3) is 0 Å². The second-order valence-electron chi connectivity index (χ2n) is 31.6. The molecule has 13 rings (SSSR count). The molecule has 13 saturated carbocycles. The van der Waals surface area contributed by atoms with Gasteiger partial charge in [0.1, 0.15) is 13.6 Å². The van der Waals surface area contributed by atoms with E-state index in [9.17, 15) is 4.79 Å². The third kappa shape index (κ3) is 85.6. The molecule has 0 atom stereocenters. The van der Waals surface area contributed by atoms with Crippen LogP contribution < -0.4 is 16.0 Å². The largest absolute Gasteiger partial charge is 0.353 e. The first-order valence-corrected chi connectivity index (χ1v) is 41.7. The van der Waals surface area contributed by atoms with Gasteiger partial charge in [0.15, 0.2) is 0 Å². The smallest absolute Gasteiger partial charge is 0.220 e. The zero-order valence-electron chi connectivity index (χ0n) is 65.3. The summed E-state index contributed by atoms with van der Waals surface area (Å²) in [6, 6.07) is 0.532. The number of amides is 1. The van der Waals surface area contributed by atoms with E-state index in [1.54, 1.807) is 38.5 Å². The highest BCUT2D eigenvalue weighted by Gasteiger charge is 2.26. The molecule has 0 aliphatic heterocycles. The van der Waals surface area contributed by atoms with E-state index in [-0.39, 0.29) is 32.9 Å². The van der Waals surface area contributed by atoms with E-state index in [2.05, 4.69) is 99.0 Å². The Morgan fingerprint density at radius 3 is 0.839 bits per heavy atom. The van der Waals surface area contributed by atoms with Gasteiger partial charge in [0.2, 0.25) is 5.91 Å². The predicted molar refractivity (Wildman–Crippen MR) is 426 cm³/mol. The van der Waals surface area contributed by atoms with Gasteiger partial charge in [-0.05, 0) is 161 Å². The van der Waals surface area contributed by atoms with Crippen molar-refractivity contribution in [3.05, 3.63) is 0 Å². The van der Waals surface area contributed by atoms with Crippen LogP contribution in [-0.4, -0.2) is 51.7 Å². The molecule has 0 unspecified atom stereocenters. The van der Waals surface area contributed by atoms with Gasteiger partial charge < -0.3 is 25.5 Å². The van der Waals surface area contributed by atoms with Crippen molar-refractivity contribution < 1.29 is 14.4 Å². The van der Waals surface area contributed by atoms with Crippen LogP contribution in [-0.2, 0) is 14.4 Å². The Bertz CT molecular complexity index is 1320. The number of rotatable bonds is 32. The van der Waals surface area contributed by atoms with Crippen LogP contribution in [0.15, 0.2) is 0 Å². The molecule has 6 nitrogen and oxygen atoms in total. The molecule has 0 spiro atoms. The normalized spacial score (nSPS) is 19.8. The second-order valence-corrected chi connectivity index (χ2v) is 31.6. The molecule has 8 heteroatoms. The minimum Gasteiger partial charge on any atom is -0.353 e. The quantitative estimate of drug-likeness (QED) is 0.0584. The second kappa shape index (κ2) is 69.9. The molecule has 0 bridgehead atoms. The molecule has 93 heavy (non-hydrogen) atoms. The van der Waals surface area contributed by atoms with Crippen LogP contribution in [0.3, 0.4) is 0 Å². The van der Waals surface area contributed by atoms with E-state index in [4.69, 9.17) is 9.59 Å². The summed E-state index contributed by atoms with van der Waals surface area (Å²) >= 11 is 0. The minimum absolute atomic E-state index is 0. The lowest BCUT2D eigenvalue weighted by atomic mass is 9.85. The van der Waals surface area contributed by atoms with Crippen molar-refractivity contribution in [1.82, 2.24) is 16.0 Å². The van der Waals surface area contributed by atoms with E-state index >= 15 is 0 Å². The molecule has 13 aliphatic rings. The monoisotopic (exact) mass is 1350 g/mol. The molecular weight excluding hydrogens is 1180 g/mol. The lowest BCUT2D eigenvalue weighted by molar-refractivity contribution is -0.121. The van der Waals surface area contributed by atoms with Crippen molar-refractivity contribution in [1.29, 1.82) is 0 Å². The number of hydrogen-bond acceptors (Lipinski definition) is 5. The van der Waals surface area contributed by atoms with Gasteiger partial charge in [-0.3, -0.25) is 4.79 Å². The van der Waals surface area contributed by atoms with E-state index in [1.165, 1.54) is 302 Å². The maximum Gasteiger partial charge on any atom is 0.220 e. The molecule has 0 aromatic carbocycles. The highest BCUT2D eigenvalue weighted by Crippen LogP contribution is 2.39. The summed E-state index contributed by atoms with van der Waals surface area (Å²) in [7, 11) is 0. The summed E-state index contributed by atoms with van der Waals surface area (Å²) in [6.07, 6.45) is 74.6. The Morgan fingerprint density at radius 2 is 0.602 bits per heavy atom. The molecule has 1 amide bonds. The topological polar surface area (TPSA) is 87.3 Å². The van der Waals surface area contributed by atoms with E-state index in [1.807, 2.05) is 13.6 Å². The minimum atomic E-state index is 0. The highest BCUT2D eigenvalue weighted by atomic mass is 32.1. The Balaban J connectivity index is -0.000000956. The number of carbonyl (C=O) groups excluding carboxylic acids is 3. The molecule has 0 aromatic rings. The maximum absolute atomic E-state index is 10.9. The van der Waals surface area contributed by atoms with Crippen LogP contribution in [0.2, 0.25) is 0 Å². The fourth-order valence-corrected chi connectivity index (χ4v) is 10.7. The third-order valence-corrected chi connectivity index (χ3v) is 20.8. The molecule has 13 fully saturated rings.